The third-order valence-corrected chi connectivity index (χ3v) is 3.48. The zero-order valence-corrected chi connectivity index (χ0v) is 13.4. The number of carbonyl (C=O) groups is 2. The highest BCUT2D eigenvalue weighted by molar-refractivity contribution is 9.10. The maximum Gasteiger partial charge on any atom is 0.187 e. The zero-order valence-electron chi connectivity index (χ0n) is 11.8. The molecule has 0 fully saturated rings. The predicted octanol–water partition coefficient (Wildman–Crippen LogP) is 2.69. The number of ketones is 1. The minimum atomic E-state index is -1.44. The lowest BCUT2D eigenvalue weighted by atomic mass is 10.1. The van der Waals surface area contributed by atoms with Gasteiger partial charge in [0, 0.05) is 21.8 Å². The molecule has 0 saturated carbocycles. The van der Waals surface area contributed by atoms with Gasteiger partial charge in [-0.05, 0) is 43.3 Å². The molecule has 2 aromatic rings. The van der Waals surface area contributed by atoms with E-state index in [-0.39, 0.29) is 5.70 Å². The Hall–Kier alpha value is -2.40. The highest BCUT2D eigenvalue weighted by Crippen LogP contribution is 2.14. The van der Waals surface area contributed by atoms with Crippen molar-refractivity contribution in [2.45, 2.75) is 6.92 Å². The van der Waals surface area contributed by atoms with Crippen LogP contribution in [0.4, 0.5) is 5.69 Å². The number of carbonyl (C=O) groups excluding carboxylic acids is 2. The van der Waals surface area contributed by atoms with Crippen molar-refractivity contribution in [3.8, 4) is 0 Å². The van der Waals surface area contributed by atoms with Crippen molar-refractivity contribution in [1.29, 1.82) is 0 Å². The predicted molar refractivity (Wildman–Crippen MR) is 86.4 cm³/mol. The number of carboxylic acids is 1. The van der Waals surface area contributed by atoms with E-state index in [0.29, 0.717) is 11.3 Å². The van der Waals surface area contributed by atoms with Crippen molar-refractivity contribution < 1.29 is 14.7 Å². The molecule has 0 aliphatic heterocycles. The third kappa shape index (κ3) is 4.30. The molecule has 2 aromatic carbocycles. The highest BCUT2D eigenvalue weighted by Gasteiger charge is 2.07. The standard InChI is InChI=1S/C17H14BrNO3/c1-11-2-8-14(9-3-11)19-15(17(21)22)10-16(20)12-4-6-13(18)7-5-12/h2-10,19H,1H3,(H,21,22)/p-1/b15-10-. The van der Waals surface area contributed by atoms with E-state index in [1.807, 2.05) is 19.1 Å². The zero-order chi connectivity index (χ0) is 16.1. The van der Waals surface area contributed by atoms with Gasteiger partial charge >= 0.3 is 0 Å². The highest BCUT2D eigenvalue weighted by atomic mass is 79.9. The number of aryl methyl sites for hydroxylation is 1. The molecule has 0 aromatic heterocycles. The smallest absolute Gasteiger partial charge is 0.187 e. The molecule has 0 saturated heterocycles. The van der Waals surface area contributed by atoms with Gasteiger partial charge in [-0.15, -0.1) is 0 Å². The minimum absolute atomic E-state index is 0.281. The lowest BCUT2D eigenvalue weighted by Gasteiger charge is -2.12. The van der Waals surface area contributed by atoms with E-state index < -0.39 is 11.8 Å². The molecule has 1 N–H and O–H groups in total. The number of halogens is 1. The number of hydrogen-bond acceptors (Lipinski definition) is 4. The lowest BCUT2D eigenvalue weighted by Crippen LogP contribution is -2.29. The average Bonchev–Trinajstić information content (AvgIpc) is 2.49. The Morgan fingerprint density at radius 3 is 2.18 bits per heavy atom. The summed E-state index contributed by atoms with van der Waals surface area (Å²) in [6, 6.07) is 13.8. The summed E-state index contributed by atoms with van der Waals surface area (Å²) in [5.74, 6) is -1.85. The van der Waals surface area contributed by atoms with Gasteiger partial charge in [0.1, 0.15) is 0 Å². The molecule has 0 unspecified atom stereocenters. The first-order chi connectivity index (χ1) is 10.5. The minimum Gasteiger partial charge on any atom is -0.543 e. The van der Waals surface area contributed by atoms with Crippen LogP contribution < -0.4 is 10.4 Å². The Kier molecular flexibility index (Phi) is 5.12. The Balaban J connectivity index is 2.23. The van der Waals surface area contributed by atoms with E-state index in [9.17, 15) is 14.7 Å². The van der Waals surface area contributed by atoms with Gasteiger partial charge in [0.2, 0.25) is 0 Å². The lowest BCUT2D eigenvalue weighted by molar-refractivity contribution is -0.299. The Morgan fingerprint density at radius 1 is 1.05 bits per heavy atom. The van der Waals surface area contributed by atoms with Crippen molar-refractivity contribution >= 4 is 33.4 Å². The molecule has 5 heteroatoms. The van der Waals surface area contributed by atoms with E-state index in [1.165, 1.54) is 0 Å². The summed E-state index contributed by atoms with van der Waals surface area (Å²) in [7, 11) is 0. The van der Waals surface area contributed by atoms with Gasteiger partial charge in [0.15, 0.2) is 5.78 Å². The molecular weight excluding hydrogens is 346 g/mol. The fourth-order valence-corrected chi connectivity index (χ4v) is 2.03. The van der Waals surface area contributed by atoms with Crippen molar-refractivity contribution in [3.05, 3.63) is 75.9 Å². The van der Waals surface area contributed by atoms with E-state index in [0.717, 1.165) is 16.1 Å². The third-order valence-electron chi connectivity index (χ3n) is 2.95. The average molecular weight is 359 g/mol. The number of aliphatic carboxylic acids is 1. The Bertz CT molecular complexity index is 719. The van der Waals surface area contributed by atoms with E-state index in [1.54, 1.807) is 36.4 Å². The second-order valence-electron chi connectivity index (χ2n) is 4.71. The summed E-state index contributed by atoms with van der Waals surface area (Å²) in [5, 5.41) is 13.9. The number of anilines is 1. The van der Waals surface area contributed by atoms with E-state index in [2.05, 4.69) is 21.2 Å². The van der Waals surface area contributed by atoms with Crippen LogP contribution in [0.3, 0.4) is 0 Å². The molecule has 4 nitrogen and oxygen atoms in total. The first-order valence-electron chi connectivity index (χ1n) is 6.52. The maximum atomic E-state index is 12.1. The number of allylic oxidation sites excluding steroid dienone is 1. The van der Waals surface area contributed by atoms with Crippen molar-refractivity contribution in [1.82, 2.24) is 0 Å². The van der Waals surface area contributed by atoms with Gasteiger partial charge in [0.05, 0.1) is 11.7 Å². The second-order valence-corrected chi connectivity index (χ2v) is 5.62. The number of carboxylic acid groups (broad SMARTS) is 1. The molecule has 0 atom stereocenters. The van der Waals surface area contributed by atoms with Gasteiger partial charge in [-0.1, -0.05) is 33.6 Å². The van der Waals surface area contributed by atoms with Gasteiger partial charge in [-0.25, -0.2) is 0 Å². The van der Waals surface area contributed by atoms with Crippen LogP contribution in [0.5, 0.6) is 0 Å². The number of benzene rings is 2. The molecule has 0 amide bonds. The summed E-state index contributed by atoms with van der Waals surface area (Å²) in [4.78, 5) is 23.3. The monoisotopic (exact) mass is 358 g/mol. The number of hydrogen-bond donors (Lipinski definition) is 1. The van der Waals surface area contributed by atoms with Crippen LogP contribution in [-0.2, 0) is 4.79 Å². The normalized spacial score (nSPS) is 11.1. The largest absolute Gasteiger partial charge is 0.543 e. The van der Waals surface area contributed by atoms with Crippen LogP contribution in [0.2, 0.25) is 0 Å². The second kappa shape index (κ2) is 7.04. The fourth-order valence-electron chi connectivity index (χ4n) is 1.77. The molecule has 0 heterocycles. The first-order valence-corrected chi connectivity index (χ1v) is 7.31. The van der Waals surface area contributed by atoms with Crippen LogP contribution in [-0.4, -0.2) is 11.8 Å². The molecule has 0 radical (unpaired) electrons. The molecule has 0 aliphatic rings. The first kappa shape index (κ1) is 16.0. The van der Waals surface area contributed by atoms with Crippen molar-refractivity contribution in [3.63, 3.8) is 0 Å². The molecule has 0 spiro atoms. The quantitative estimate of drug-likeness (QED) is 0.658. The summed E-state index contributed by atoms with van der Waals surface area (Å²) in [5.41, 5.74) is 1.74. The Morgan fingerprint density at radius 2 is 1.64 bits per heavy atom. The topological polar surface area (TPSA) is 69.2 Å². The van der Waals surface area contributed by atoms with Crippen LogP contribution in [0, 0.1) is 6.92 Å². The van der Waals surface area contributed by atoms with Gasteiger partial charge < -0.3 is 15.2 Å². The van der Waals surface area contributed by atoms with Gasteiger partial charge in [0.25, 0.3) is 0 Å². The van der Waals surface area contributed by atoms with Gasteiger partial charge in [-0.3, -0.25) is 4.79 Å². The van der Waals surface area contributed by atoms with Crippen LogP contribution >= 0.6 is 15.9 Å². The summed E-state index contributed by atoms with van der Waals surface area (Å²) >= 11 is 3.28. The Labute approximate surface area is 136 Å². The number of nitrogens with one attached hydrogen (secondary N) is 1. The van der Waals surface area contributed by atoms with Crippen molar-refractivity contribution in [2.24, 2.45) is 0 Å². The van der Waals surface area contributed by atoms with Crippen LogP contribution in [0.15, 0.2) is 64.8 Å². The molecular formula is C17H13BrNO3-. The SMILES string of the molecule is Cc1ccc(N/C(=C\C(=O)c2ccc(Br)cc2)C(=O)[O-])cc1. The summed E-state index contributed by atoms with van der Waals surface area (Å²) in [6.45, 7) is 1.93. The fraction of sp³-hybridized carbons (Fsp3) is 0.0588. The van der Waals surface area contributed by atoms with Gasteiger partial charge in [-0.2, -0.15) is 0 Å². The molecule has 2 rings (SSSR count). The van der Waals surface area contributed by atoms with E-state index in [4.69, 9.17) is 0 Å². The molecule has 22 heavy (non-hydrogen) atoms. The van der Waals surface area contributed by atoms with Crippen molar-refractivity contribution in [2.75, 3.05) is 5.32 Å². The van der Waals surface area contributed by atoms with Crippen LogP contribution in [0.25, 0.3) is 0 Å². The molecule has 0 bridgehead atoms. The summed E-state index contributed by atoms with van der Waals surface area (Å²) < 4.78 is 0.839. The molecule has 0 aliphatic carbocycles. The van der Waals surface area contributed by atoms with E-state index >= 15 is 0 Å². The van der Waals surface area contributed by atoms with Crippen LogP contribution in [0.1, 0.15) is 15.9 Å². The summed E-state index contributed by atoms with van der Waals surface area (Å²) in [6.07, 6.45) is 1.03. The maximum absolute atomic E-state index is 12.1. The molecule has 112 valence electrons. The number of rotatable bonds is 5.